The zero-order valence-corrected chi connectivity index (χ0v) is 22.3. The largest absolute Gasteiger partial charge is 0.527 e. The molecule has 0 radical (unpaired) electrons. The van der Waals surface area contributed by atoms with Crippen LogP contribution in [0.3, 0.4) is 0 Å². The Labute approximate surface area is 225 Å². The molecule has 4 N–H and O–H groups in total. The van der Waals surface area contributed by atoms with Crippen molar-refractivity contribution in [1.29, 1.82) is 0 Å². The van der Waals surface area contributed by atoms with E-state index in [0.29, 0.717) is 17.6 Å². The summed E-state index contributed by atoms with van der Waals surface area (Å²) in [5.74, 6) is -3.60. The molecule has 2 heterocycles. The molecule has 5 unspecified atom stereocenters. The van der Waals surface area contributed by atoms with Crippen molar-refractivity contribution < 1.29 is 45.8 Å². The second-order valence-corrected chi connectivity index (χ2v) is 11.6. The summed E-state index contributed by atoms with van der Waals surface area (Å²) >= 11 is 0. The summed E-state index contributed by atoms with van der Waals surface area (Å²) < 4.78 is 74.6. The smallest absolute Gasteiger partial charge is 0.401 e. The molecule has 40 heavy (non-hydrogen) atoms. The van der Waals surface area contributed by atoms with Crippen LogP contribution in [0.4, 0.5) is 14.6 Å². The van der Waals surface area contributed by atoms with E-state index in [1.165, 1.54) is 49.1 Å². The maximum absolute atomic E-state index is 13.9. The second kappa shape index (κ2) is 11.2. The van der Waals surface area contributed by atoms with Gasteiger partial charge in [0.2, 0.25) is 0 Å². The number of phosphoric ester groups is 2. The first kappa shape index (κ1) is 28.1. The molecule has 13 nitrogen and oxygen atoms in total. The van der Waals surface area contributed by atoms with E-state index in [2.05, 4.69) is 15.0 Å². The van der Waals surface area contributed by atoms with Crippen LogP contribution in [0.2, 0.25) is 0 Å². The normalized spacial score (nSPS) is 21.8. The molecule has 2 aromatic carbocycles. The number of anilines is 1. The van der Waals surface area contributed by atoms with E-state index in [1.807, 2.05) is 0 Å². The molecular formula is C23H23F2N5O8P2. The van der Waals surface area contributed by atoms with Gasteiger partial charge in [0.1, 0.15) is 11.8 Å². The molecule has 5 atom stereocenters. The standard InChI is InChI=1S/C23H23F2N5O8P2/c24-16-5-1-3-7-19(16)37-39(31,32)35-10-14-9-18(30-13-29-21-22(26)27-12-28-23(21)30)15(14)11-36-40(33,34)38-20-8-4-2-6-17(20)25/h1-8,12-15,18H,9-11H2,(H,31,32)(H,33,34)(H2,26,27,28). The molecule has 0 aliphatic heterocycles. The van der Waals surface area contributed by atoms with Crippen molar-refractivity contribution in [3.05, 3.63) is 72.8 Å². The SMILES string of the molecule is Nc1ncnc2c1ncn2C1CC(COP(=O)(O)Oc2ccccc2F)C1COP(=O)(O)Oc1ccccc1F. The third-order valence-electron chi connectivity index (χ3n) is 6.37. The Balaban J connectivity index is 1.32. The van der Waals surface area contributed by atoms with Gasteiger partial charge in [0.25, 0.3) is 0 Å². The van der Waals surface area contributed by atoms with Gasteiger partial charge in [-0.15, -0.1) is 0 Å². The summed E-state index contributed by atoms with van der Waals surface area (Å²) in [6.45, 7) is -0.745. The van der Waals surface area contributed by atoms with Gasteiger partial charge in [-0.25, -0.2) is 32.9 Å². The van der Waals surface area contributed by atoms with Gasteiger partial charge in [-0.1, -0.05) is 24.3 Å². The van der Waals surface area contributed by atoms with Crippen LogP contribution >= 0.6 is 15.6 Å². The third-order valence-corrected chi connectivity index (χ3v) is 8.18. The first-order valence-electron chi connectivity index (χ1n) is 11.8. The highest BCUT2D eigenvalue weighted by atomic mass is 31.2. The number of hydrogen-bond acceptors (Lipinski definition) is 10. The lowest BCUT2D eigenvalue weighted by atomic mass is 9.70. The number of halogens is 2. The van der Waals surface area contributed by atoms with Crippen LogP contribution in [0.1, 0.15) is 12.5 Å². The summed E-state index contributed by atoms with van der Waals surface area (Å²) in [6, 6.07) is 9.64. The summed E-state index contributed by atoms with van der Waals surface area (Å²) in [4.78, 5) is 32.7. The molecule has 0 spiro atoms. The second-order valence-electron chi connectivity index (χ2n) is 8.88. The molecule has 1 saturated carbocycles. The van der Waals surface area contributed by atoms with Crippen molar-refractivity contribution in [2.24, 2.45) is 11.8 Å². The number of fused-ring (bicyclic) bond motifs is 1. The van der Waals surface area contributed by atoms with Crippen LogP contribution in [-0.2, 0) is 18.2 Å². The number of nitrogens with zero attached hydrogens (tertiary/aromatic N) is 4. The molecule has 1 aliphatic rings. The fourth-order valence-electron chi connectivity index (χ4n) is 4.36. The molecule has 4 aromatic rings. The van der Waals surface area contributed by atoms with Gasteiger partial charge >= 0.3 is 15.6 Å². The highest BCUT2D eigenvalue weighted by molar-refractivity contribution is 7.48. The van der Waals surface area contributed by atoms with Gasteiger partial charge in [-0.3, -0.25) is 18.8 Å². The summed E-state index contributed by atoms with van der Waals surface area (Å²) in [6.07, 6.45) is 3.07. The van der Waals surface area contributed by atoms with Gasteiger partial charge in [0.05, 0.1) is 19.5 Å². The summed E-state index contributed by atoms with van der Waals surface area (Å²) in [7, 11) is -9.52. The molecule has 1 aliphatic carbocycles. The first-order valence-corrected chi connectivity index (χ1v) is 14.8. The van der Waals surface area contributed by atoms with E-state index in [4.69, 9.17) is 23.8 Å². The summed E-state index contributed by atoms with van der Waals surface area (Å²) in [5, 5.41) is 0. The van der Waals surface area contributed by atoms with Gasteiger partial charge < -0.3 is 19.3 Å². The number of benzene rings is 2. The molecule has 0 saturated heterocycles. The van der Waals surface area contributed by atoms with Crippen molar-refractivity contribution in [2.75, 3.05) is 18.9 Å². The molecule has 2 aromatic heterocycles. The Hall–Kier alpha value is -3.45. The fourth-order valence-corrected chi connectivity index (χ4v) is 6.00. The lowest BCUT2D eigenvalue weighted by Crippen LogP contribution is -2.43. The van der Waals surface area contributed by atoms with E-state index in [9.17, 15) is 27.7 Å². The average Bonchev–Trinajstić information content (AvgIpc) is 3.31. The summed E-state index contributed by atoms with van der Waals surface area (Å²) in [5.41, 5.74) is 6.61. The van der Waals surface area contributed by atoms with Crippen LogP contribution < -0.4 is 14.8 Å². The zero-order valence-electron chi connectivity index (χ0n) is 20.5. The number of nitrogens with two attached hydrogens (primary N) is 1. The number of aromatic nitrogens is 4. The van der Waals surface area contributed by atoms with Crippen LogP contribution in [0.5, 0.6) is 11.5 Å². The predicted molar refractivity (Wildman–Crippen MR) is 136 cm³/mol. The minimum atomic E-state index is -4.79. The monoisotopic (exact) mass is 597 g/mol. The van der Waals surface area contributed by atoms with Crippen LogP contribution in [0.25, 0.3) is 11.2 Å². The molecule has 212 valence electrons. The molecule has 0 bridgehead atoms. The van der Waals surface area contributed by atoms with Gasteiger partial charge in [-0.2, -0.15) is 0 Å². The van der Waals surface area contributed by atoms with E-state index in [0.717, 1.165) is 12.1 Å². The maximum atomic E-state index is 13.9. The lowest BCUT2D eigenvalue weighted by molar-refractivity contribution is -0.00459. The minimum Gasteiger partial charge on any atom is -0.401 e. The van der Waals surface area contributed by atoms with Gasteiger partial charge in [-0.05, 0) is 36.6 Å². The topological polar surface area (TPSA) is 181 Å². The van der Waals surface area contributed by atoms with Crippen molar-refractivity contribution in [3.63, 3.8) is 0 Å². The molecule has 17 heteroatoms. The van der Waals surface area contributed by atoms with E-state index in [-0.39, 0.29) is 12.4 Å². The van der Waals surface area contributed by atoms with Crippen molar-refractivity contribution >= 4 is 32.6 Å². The van der Waals surface area contributed by atoms with Crippen molar-refractivity contribution in [3.8, 4) is 11.5 Å². The third kappa shape index (κ3) is 6.15. The molecular weight excluding hydrogens is 574 g/mol. The molecule has 1 fully saturated rings. The number of nitrogen functional groups attached to an aromatic ring is 1. The van der Waals surface area contributed by atoms with Crippen LogP contribution in [0, 0.1) is 23.5 Å². The van der Waals surface area contributed by atoms with Crippen molar-refractivity contribution in [2.45, 2.75) is 12.5 Å². The van der Waals surface area contributed by atoms with Gasteiger partial charge in [0, 0.05) is 12.0 Å². The number of phosphoric acid groups is 2. The fraction of sp³-hybridized carbons (Fsp3) is 0.261. The number of para-hydroxylation sites is 2. The van der Waals surface area contributed by atoms with E-state index >= 15 is 0 Å². The lowest BCUT2D eigenvalue weighted by Gasteiger charge is -2.45. The zero-order chi connectivity index (χ0) is 28.5. The molecule has 5 rings (SSSR count). The predicted octanol–water partition coefficient (Wildman–Crippen LogP) is 4.26. The number of hydrogen-bond donors (Lipinski definition) is 3. The van der Waals surface area contributed by atoms with Crippen LogP contribution in [0.15, 0.2) is 61.2 Å². The maximum Gasteiger partial charge on any atom is 0.527 e. The Morgan fingerprint density at radius 1 is 0.900 bits per heavy atom. The average molecular weight is 597 g/mol. The minimum absolute atomic E-state index is 0.153. The highest BCUT2D eigenvalue weighted by Crippen LogP contribution is 2.53. The Morgan fingerprint density at radius 2 is 1.48 bits per heavy atom. The van der Waals surface area contributed by atoms with Crippen LogP contribution in [-0.4, -0.2) is 42.5 Å². The Morgan fingerprint density at radius 3 is 2.08 bits per heavy atom. The highest BCUT2D eigenvalue weighted by Gasteiger charge is 2.46. The first-order chi connectivity index (χ1) is 19.0. The number of imidazole rings is 1. The molecule has 0 amide bonds. The van der Waals surface area contributed by atoms with Gasteiger partial charge in [0.15, 0.2) is 34.6 Å². The quantitative estimate of drug-likeness (QED) is 0.209. The van der Waals surface area contributed by atoms with E-state index in [1.54, 1.807) is 4.57 Å². The van der Waals surface area contributed by atoms with E-state index < -0.39 is 63.3 Å². The Kier molecular flexibility index (Phi) is 7.87. The Bertz CT molecular complexity index is 1630. The number of rotatable bonds is 11. The van der Waals surface area contributed by atoms with Crippen molar-refractivity contribution in [1.82, 2.24) is 19.5 Å².